The van der Waals surface area contributed by atoms with Gasteiger partial charge in [0.25, 0.3) is 0 Å². The maximum Gasteiger partial charge on any atom is 0.0648 e. The summed E-state index contributed by atoms with van der Waals surface area (Å²) in [6.45, 7) is 0. The highest BCUT2D eigenvalue weighted by Crippen LogP contribution is 2.56. The SMILES string of the molecule is Clc1ccccc1N1C2=C(CC(C3=CC4c5ccccc5N(c5ccccc5)C4C=C3)C=C2)c2ccccc2-c2cccc(-c3cccc4c3C3=C(CCC=C3)C4)c21. The first-order valence-electron chi connectivity index (χ1n) is 20.7. The third-order valence-corrected chi connectivity index (χ3v) is 13.6. The molecule has 278 valence electrons. The average Bonchev–Trinajstić information content (AvgIpc) is 3.79. The molecule has 3 heteroatoms. The van der Waals surface area contributed by atoms with Crippen LogP contribution in [0.3, 0.4) is 0 Å². The van der Waals surface area contributed by atoms with Crippen LogP contribution in [0.5, 0.6) is 0 Å². The Bertz CT molecular complexity index is 2890. The Morgan fingerprint density at radius 2 is 1.33 bits per heavy atom. The van der Waals surface area contributed by atoms with E-state index >= 15 is 0 Å². The van der Waals surface area contributed by atoms with Crippen molar-refractivity contribution in [2.45, 2.75) is 37.6 Å². The molecule has 0 saturated carbocycles. The lowest BCUT2D eigenvalue weighted by atomic mass is 9.78. The second kappa shape index (κ2) is 13.4. The summed E-state index contributed by atoms with van der Waals surface area (Å²) in [7, 11) is 0. The van der Waals surface area contributed by atoms with E-state index in [0.29, 0.717) is 0 Å². The van der Waals surface area contributed by atoms with Crippen molar-refractivity contribution in [3.63, 3.8) is 0 Å². The molecule has 2 heterocycles. The van der Waals surface area contributed by atoms with Gasteiger partial charge in [-0.15, -0.1) is 0 Å². The van der Waals surface area contributed by atoms with Crippen molar-refractivity contribution < 1.29 is 0 Å². The minimum Gasteiger partial charge on any atom is -0.333 e. The van der Waals surface area contributed by atoms with Crippen LogP contribution in [0.25, 0.3) is 33.4 Å². The third kappa shape index (κ3) is 5.11. The van der Waals surface area contributed by atoms with E-state index in [1.54, 1.807) is 5.57 Å². The van der Waals surface area contributed by atoms with Gasteiger partial charge >= 0.3 is 0 Å². The molecule has 2 nitrogen and oxygen atoms in total. The number of anilines is 4. The molecular weight excluding hydrogens is 724 g/mol. The first-order chi connectivity index (χ1) is 28.7. The Balaban J connectivity index is 1.02. The van der Waals surface area contributed by atoms with E-state index in [0.717, 1.165) is 36.4 Å². The Kier molecular flexibility index (Phi) is 7.78. The number of rotatable bonds is 4. The maximum atomic E-state index is 7.28. The molecule has 0 aromatic heterocycles. The predicted molar refractivity (Wildman–Crippen MR) is 243 cm³/mol. The third-order valence-electron chi connectivity index (χ3n) is 13.3. The molecule has 0 spiro atoms. The zero-order valence-corrected chi connectivity index (χ0v) is 32.9. The smallest absolute Gasteiger partial charge is 0.0648 e. The van der Waals surface area contributed by atoms with Crippen molar-refractivity contribution in [1.29, 1.82) is 0 Å². The van der Waals surface area contributed by atoms with Gasteiger partial charge < -0.3 is 9.80 Å². The van der Waals surface area contributed by atoms with Crippen molar-refractivity contribution in [1.82, 2.24) is 0 Å². The van der Waals surface area contributed by atoms with Gasteiger partial charge in [0.15, 0.2) is 0 Å². The first-order valence-corrected chi connectivity index (χ1v) is 21.1. The number of benzene rings is 6. The van der Waals surface area contributed by atoms with Crippen LogP contribution >= 0.6 is 11.6 Å². The molecule has 0 saturated heterocycles. The van der Waals surface area contributed by atoms with E-state index < -0.39 is 0 Å². The van der Waals surface area contributed by atoms with Crippen molar-refractivity contribution >= 4 is 45.5 Å². The van der Waals surface area contributed by atoms with Crippen LogP contribution in [-0.2, 0) is 6.42 Å². The molecule has 0 N–H and O–H groups in total. The van der Waals surface area contributed by atoms with E-state index in [4.69, 9.17) is 11.6 Å². The molecule has 6 aromatic rings. The second-order valence-electron chi connectivity index (χ2n) is 16.3. The summed E-state index contributed by atoms with van der Waals surface area (Å²) < 4.78 is 0. The van der Waals surface area contributed by atoms with Crippen LogP contribution in [0.4, 0.5) is 22.7 Å². The van der Waals surface area contributed by atoms with Gasteiger partial charge in [0.05, 0.1) is 22.4 Å². The lowest BCUT2D eigenvalue weighted by Gasteiger charge is -2.34. The summed E-state index contributed by atoms with van der Waals surface area (Å²) in [6, 6.07) is 51.3. The molecule has 4 aliphatic carbocycles. The van der Waals surface area contributed by atoms with Crippen LogP contribution in [0.15, 0.2) is 199 Å². The lowest BCUT2D eigenvalue weighted by Crippen LogP contribution is -2.29. The van der Waals surface area contributed by atoms with E-state index in [2.05, 4.69) is 180 Å². The molecule has 58 heavy (non-hydrogen) atoms. The van der Waals surface area contributed by atoms with E-state index in [9.17, 15) is 0 Å². The fraction of sp³-hybridized carbons (Fsp3) is 0.127. The zero-order chi connectivity index (χ0) is 38.3. The number of nitrogens with zero attached hydrogens (tertiary/aromatic N) is 2. The van der Waals surface area contributed by atoms with E-state index in [-0.39, 0.29) is 17.9 Å². The molecule has 0 bridgehead atoms. The van der Waals surface area contributed by atoms with Gasteiger partial charge in [-0.3, -0.25) is 0 Å². The summed E-state index contributed by atoms with van der Waals surface area (Å²) >= 11 is 7.28. The van der Waals surface area contributed by atoms with Gasteiger partial charge in [-0.1, -0.05) is 163 Å². The Morgan fingerprint density at radius 1 is 0.603 bits per heavy atom. The maximum absolute atomic E-state index is 7.28. The highest BCUT2D eigenvalue weighted by atomic mass is 35.5. The molecular formula is C55H41ClN2. The number of para-hydroxylation sites is 4. The topological polar surface area (TPSA) is 6.48 Å². The largest absolute Gasteiger partial charge is 0.333 e. The average molecular weight is 765 g/mol. The van der Waals surface area contributed by atoms with Gasteiger partial charge in [0.1, 0.15) is 0 Å². The van der Waals surface area contributed by atoms with Crippen molar-refractivity contribution in [3.8, 4) is 22.3 Å². The van der Waals surface area contributed by atoms with Crippen LogP contribution in [0.1, 0.15) is 47.4 Å². The molecule has 12 rings (SSSR count). The Morgan fingerprint density at radius 3 is 2.21 bits per heavy atom. The highest BCUT2D eigenvalue weighted by molar-refractivity contribution is 6.33. The Hall–Kier alpha value is -6.35. The van der Waals surface area contributed by atoms with Crippen LogP contribution in [-0.4, -0.2) is 6.04 Å². The fourth-order valence-electron chi connectivity index (χ4n) is 10.8. The number of hydrogen-bond donors (Lipinski definition) is 0. The standard InChI is InChI=1S/C55H41ClN2/c56-49-25-9-11-27-53(49)58-52-31-29-35(36-28-30-51-48(34-36)43-21-8-10-26-50(43)57(51)39-16-2-1-3-17-39)33-47(52)42-20-7-6-19-41(42)45-23-13-24-46(55(45)58)44-22-12-15-38-32-37-14-4-5-18-40(37)54(38)44/h1-3,5-13,15-31,34-35,48,51H,4,14,32-33H2. The molecule has 2 aliphatic heterocycles. The second-order valence-corrected chi connectivity index (χ2v) is 16.8. The Labute approximate surface area is 345 Å². The normalized spacial score (nSPS) is 20.8. The molecule has 0 fully saturated rings. The minimum absolute atomic E-state index is 0.219. The van der Waals surface area contributed by atoms with Crippen LogP contribution in [0, 0.1) is 5.92 Å². The van der Waals surface area contributed by atoms with Crippen molar-refractivity contribution in [3.05, 3.63) is 226 Å². The predicted octanol–water partition coefficient (Wildman–Crippen LogP) is 14.6. The van der Waals surface area contributed by atoms with Gasteiger partial charge in [0, 0.05) is 40.0 Å². The molecule has 0 amide bonds. The van der Waals surface area contributed by atoms with Crippen LogP contribution < -0.4 is 9.80 Å². The van der Waals surface area contributed by atoms with Gasteiger partial charge in [-0.05, 0) is 112 Å². The summed E-state index contributed by atoms with van der Waals surface area (Å²) in [4.78, 5) is 5.00. The fourth-order valence-corrected chi connectivity index (χ4v) is 11.0. The summed E-state index contributed by atoms with van der Waals surface area (Å²) in [6.07, 6.45) is 21.2. The van der Waals surface area contributed by atoms with E-state index in [1.807, 2.05) is 12.1 Å². The van der Waals surface area contributed by atoms with Gasteiger partial charge in [-0.2, -0.15) is 0 Å². The number of halogens is 1. The monoisotopic (exact) mass is 764 g/mol. The summed E-state index contributed by atoms with van der Waals surface area (Å²) in [5, 5.41) is 0.738. The highest BCUT2D eigenvalue weighted by Gasteiger charge is 2.40. The van der Waals surface area contributed by atoms with E-state index in [1.165, 1.54) is 84.0 Å². The quantitative estimate of drug-likeness (QED) is 0.176. The molecule has 6 aliphatic rings. The van der Waals surface area contributed by atoms with Gasteiger partial charge in [0.2, 0.25) is 0 Å². The first kappa shape index (κ1) is 33.8. The number of allylic oxidation sites excluding steroid dienone is 9. The van der Waals surface area contributed by atoms with Gasteiger partial charge in [-0.25, -0.2) is 0 Å². The zero-order valence-electron chi connectivity index (χ0n) is 32.2. The number of hydrogen-bond acceptors (Lipinski definition) is 2. The van der Waals surface area contributed by atoms with Crippen LogP contribution in [0.2, 0.25) is 5.02 Å². The molecule has 3 atom stereocenters. The molecule has 6 aromatic carbocycles. The number of fused-ring (bicyclic) bond motifs is 9. The molecule has 0 radical (unpaired) electrons. The van der Waals surface area contributed by atoms with Crippen molar-refractivity contribution in [2.24, 2.45) is 5.92 Å². The molecule has 3 unspecified atom stereocenters. The summed E-state index contributed by atoms with van der Waals surface area (Å²) in [5.74, 6) is 0.492. The minimum atomic E-state index is 0.219. The lowest BCUT2D eigenvalue weighted by molar-refractivity contribution is 0.705. The van der Waals surface area contributed by atoms with Crippen molar-refractivity contribution in [2.75, 3.05) is 9.80 Å². The summed E-state index contributed by atoms with van der Waals surface area (Å²) in [5.41, 5.74) is 22.1.